The number of carbonyl (C=O) groups excluding carboxylic acids is 2. The van der Waals surface area contributed by atoms with E-state index in [9.17, 15) is 14.4 Å². The predicted octanol–water partition coefficient (Wildman–Crippen LogP) is 3.94. The zero-order valence-corrected chi connectivity index (χ0v) is 19.2. The maximum atomic E-state index is 12.2. The molecule has 4 rings (SSSR count). The molecule has 0 radical (unpaired) electrons. The molecule has 3 N–H and O–H groups in total. The summed E-state index contributed by atoms with van der Waals surface area (Å²) >= 11 is 1.16. The Kier molecular flexibility index (Phi) is 7.03. The summed E-state index contributed by atoms with van der Waals surface area (Å²) in [6, 6.07) is 16.2. The zero-order valence-electron chi connectivity index (χ0n) is 18.4. The number of nitrogens with zero attached hydrogens (tertiary/aromatic N) is 1. The number of carboxylic acids is 1. The summed E-state index contributed by atoms with van der Waals surface area (Å²) in [7, 11) is 0. The quantitative estimate of drug-likeness (QED) is 0.423. The molecule has 1 aliphatic rings. The number of fused-ring (bicyclic) bond motifs is 3. The molecule has 8 nitrogen and oxygen atoms in total. The van der Waals surface area contributed by atoms with Crippen molar-refractivity contribution in [3.05, 3.63) is 87.4 Å². The number of aromatic nitrogens is 1. The molecule has 0 unspecified atom stereocenters. The van der Waals surface area contributed by atoms with Crippen molar-refractivity contribution in [2.45, 2.75) is 19.4 Å². The number of carboxylic acid groups (broad SMARTS) is 1. The first-order valence-corrected chi connectivity index (χ1v) is 11.5. The predicted molar refractivity (Wildman–Crippen MR) is 128 cm³/mol. The average Bonchev–Trinajstić information content (AvgIpc) is 3.44. The number of hydrogen-bond donors (Lipinski definition) is 3. The van der Waals surface area contributed by atoms with E-state index in [1.807, 2.05) is 24.3 Å². The average molecular weight is 478 g/mol. The topological polar surface area (TPSA) is 118 Å². The second-order valence-electron chi connectivity index (χ2n) is 7.71. The SMILES string of the molecule is C/C(=C\CNC(=O)OCC1c2ccccc2-c2ccccc21)C(=O)NCc1nc(C(=O)O)cs1. The van der Waals surface area contributed by atoms with Crippen LogP contribution in [0.3, 0.4) is 0 Å². The van der Waals surface area contributed by atoms with Crippen molar-refractivity contribution in [2.75, 3.05) is 13.2 Å². The number of amides is 2. The second kappa shape index (κ2) is 10.3. The van der Waals surface area contributed by atoms with E-state index < -0.39 is 12.1 Å². The number of benzene rings is 2. The molecule has 0 spiro atoms. The summed E-state index contributed by atoms with van der Waals surface area (Å²) in [5.74, 6) is -1.46. The highest BCUT2D eigenvalue weighted by Gasteiger charge is 2.28. The lowest BCUT2D eigenvalue weighted by molar-refractivity contribution is -0.117. The Morgan fingerprint density at radius 3 is 2.32 bits per heavy atom. The Bertz CT molecular complexity index is 1220. The number of ether oxygens (including phenoxy) is 1. The summed E-state index contributed by atoms with van der Waals surface area (Å²) < 4.78 is 5.47. The number of hydrogen-bond acceptors (Lipinski definition) is 6. The van der Waals surface area contributed by atoms with Crippen molar-refractivity contribution in [2.24, 2.45) is 0 Å². The van der Waals surface area contributed by atoms with Crippen LogP contribution in [0.25, 0.3) is 11.1 Å². The fourth-order valence-electron chi connectivity index (χ4n) is 3.82. The molecule has 1 heterocycles. The van der Waals surface area contributed by atoms with Gasteiger partial charge in [-0.2, -0.15) is 0 Å². The van der Waals surface area contributed by atoms with Gasteiger partial charge in [-0.15, -0.1) is 11.3 Å². The Balaban J connectivity index is 1.25. The van der Waals surface area contributed by atoms with E-state index in [-0.39, 0.29) is 37.2 Å². The number of alkyl carbamates (subject to hydrolysis) is 1. The largest absolute Gasteiger partial charge is 0.476 e. The number of thiazole rings is 1. The molecule has 0 bridgehead atoms. The van der Waals surface area contributed by atoms with Crippen LogP contribution < -0.4 is 10.6 Å². The van der Waals surface area contributed by atoms with Gasteiger partial charge in [0.15, 0.2) is 5.69 Å². The van der Waals surface area contributed by atoms with Crippen LogP contribution in [0.15, 0.2) is 65.6 Å². The van der Waals surface area contributed by atoms with E-state index in [4.69, 9.17) is 9.84 Å². The lowest BCUT2D eigenvalue weighted by Crippen LogP contribution is -2.28. The van der Waals surface area contributed by atoms with Crippen molar-refractivity contribution in [1.82, 2.24) is 15.6 Å². The van der Waals surface area contributed by atoms with Crippen LogP contribution in [0.1, 0.15) is 39.5 Å². The van der Waals surface area contributed by atoms with Gasteiger partial charge in [0, 0.05) is 23.4 Å². The molecule has 0 fully saturated rings. The summed E-state index contributed by atoms with van der Waals surface area (Å²) in [6.07, 6.45) is 1.02. The first kappa shape index (κ1) is 23.2. The molecule has 2 aromatic carbocycles. The molecular weight excluding hydrogens is 454 g/mol. The Morgan fingerprint density at radius 1 is 1.06 bits per heavy atom. The Labute approximate surface area is 200 Å². The smallest absolute Gasteiger partial charge is 0.407 e. The minimum absolute atomic E-state index is 0.0197. The van der Waals surface area contributed by atoms with Crippen LogP contribution in [0, 0.1) is 0 Å². The van der Waals surface area contributed by atoms with Crippen molar-refractivity contribution >= 4 is 29.3 Å². The van der Waals surface area contributed by atoms with Crippen LogP contribution in [0.4, 0.5) is 4.79 Å². The number of nitrogens with one attached hydrogen (secondary N) is 2. The highest BCUT2D eigenvalue weighted by molar-refractivity contribution is 7.09. The van der Waals surface area contributed by atoms with Gasteiger partial charge in [0.05, 0.1) is 6.54 Å². The van der Waals surface area contributed by atoms with Gasteiger partial charge < -0.3 is 20.5 Å². The molecule has 2 amide bonds. The molecule has 0 aliphatic heterocycles. The van der Waals surface area contributed by atoms with E-state index in [0.717, 1.165) is 33.6 Å². The Hall–Kier alpha value is -3.98. The minimum Gasteiger partial charge on any atom is -0.476 e. The van der Waals surface area contributed by atoms with Gasteiger partial charge in [-0.05, 0) is 29.2 Å². The van der Waals surface area contributed by atoms with Gasteiger partial charge in [0.2, 0.25) is 5.91 Å². The van der Waals surface area contributed by atoms with Crippen LogP contribution in [-0.2, 0) is 16.1 Å². The summed E-state index contributed by atoms with van der Waals surface area (Å²) in [4.78, 5) is 39.2. The maximum absolute atomic E-state index is 12.2. The number of carbonyl (C=O) groups is 3. The van der Waals surface area contributed by atoms with Crippen LogP contribution in [-0.4, -0.2) is 41.2 Å². The highest BCUT2D eigenvalue weighted by Crippen LogP contribution is 2.44. The van der Waals surface area contributed by atoms with E-state index in [1.165, 1.54) is 5.38 Å². The molecule has 0 atom stereocenters. The van der Waals surface area contributed by atoms with Crippen molar-refractivity contribution in [3.8, 4) is 11.1 Å². The van der Waals surface area contributed by atoms with Gasteiger partial charge >= 0.3 is 12.1 Å². The maximum Gasteiger partial charge on any atom is 0.407 e. The monoisotopic (exact) mass is 477 g/mol. The van der Waals surface area contributed by atoms with Gasteiger partial charge in [-0.3, -0.25) is 4.79 Å². The zero-order chi connectivity index (χ0) is 24.1. The van der Waals surface area contributed by atoms with E-state index >= 15 is 0 Å². The van der Waals surface area contributed by atoms with Gasteiger partial charge in [-0.1, -0.05) is 54.6 Å². The molecule has 0 saturated carbocycles. The fourth-order valence-corrected chi connectivity index (χ4v) is 4.52. The minimum atomic E-state index is -1.11. The molecule has 1 aliphatic carbocycles. The molecule has 34 heavy (non-hydrogen) atoms. The summed E-state index contributed by atoms with van der Waals surface area (Å²) in [5.41, 5.74) is 4.96. The lowest BCUT2D eigenvalue weighted by atomic mass is 9.98. The molecular formula is C25H23N3O5S. The first-order chi connectivity index (χ1) is 16.4. The normalized spacial score (nSPS) is 12.6. The summed E-state index contributed by atoms with van der Waals surface area (Å²) in [6.45, 7) is 2.10. The summed E-state index contributed by atoms with van der Waals surface area (Å²) in [5, 5.41) is 16.1. The molecule has 0 saturated heterocycles. The molecule has 1 aromatic heterocycles. The molecule has 9 heteroatoms. The first-order valence-electron chi connectivity index (χ1n) is 10.7. The van der Waals surface area contributed by atoms with Gasteiger partial charge in [0.25, 0.3) is 0 Å². The van der Waals surface area contributed by atoms with Gasteiger partial charge in [0.1, 0.15) is 11.6 Å². The molecule has 3 aromatic rings. The third-order valence-corrected chi connectivity index (χ3v) is 6.38. The van der Waals surface area contributed by atoms with E-state index in [0.29, 0.717) is 10.6 Å². The number of rotatable bonds is 8. The van der Waals surface area contributed by atoms with E-state index in [1.54, 1.807) is 13.0 Å². The van der Waals surface area contributed by atoms with Crippen molar-refractivity contribution in [3.63, 3.8) is 0 Å². The fraction of sp³-hybridized carbons (Fsp3) is 0.200. The lowest BCUT2D eigenvalue weighted by Gasteiger charge is -2.14. The number of aromatic carboxylic acids is 1. The molecule has 174 valence electrons. The van der Waals surface area contributed by atoms with Crippen molar-refractivity contribution < 1.29 is 24.2 Å². The van der Waals surface area contributed by atoms with Gasteiger partial charge in [-0.25, -0.2) is 14.6 Å². The second-order valence-corrected chi connectivity index (χ2v) is 8.65. The third kappa shape index (κ3) is 5.15. The van der Waals surface area contributed by atoms with Crippen LogP contribution in [0.2, 0.25) is 0 Å². The van der Waals surface area contributed by atoms with Crippen LogP contribution in [0.5, 0.6) is 0 Å². The van der Waals surface area contributed by atoms with Crippen molar-refractivity contribution in [1.29, 1.82) is 0 Å². The Morgan fingerprint density at radius 2 is 1.71 bits per heavy atom. The van der Waals surface area contributed by atoms with Crippen LogP contribution >= 0.6 is 11.3 Å². The highest BCUT2D eigenvalue weighted by atomic mass is 32.1. The van der Waals surface area contributed by atoms with E-state index in [2.05, 4.69) is 39.9 Å². The third-order valence-electron chi connectivity index (χ3n) is 5.53. The standard InChI is InChI=1S/C25H23N3O5S/c1-15(23(29)27-12-22-28-21(14-34-22)24(30)31)10-11-26-25(32)33-13-20-18-8-4-2-6-16(18)17-7-3-5-9-19(17)20/h2-10,14,20H,11-13H2,1H3,(H,26,32)(H,27,29)(H,30,31)/b15-10+.